The molecule has 1 saturated heterocycles. The highest BCUT2D eigenvalue weighted by Gasteiger charge is 2.48. The Kier molecular flexibility index (Phi) is 5.60. The third-order valence-electron chi connectivity index (χ3n) is 5.87. The molecule has 1 fully saturated rings. The molecule has 4 amide bonds. The van der Waals surface area contributed by atoms with Crippen LogP contribution in [0.25, 0.3) is 11.4 Å². The second-order valence-electron chi connectivity index (χ2n) is 8.74. The summed E-state index contributed by atoms with van der Waals surface area (Å²) < 4.78 is 5.22. The minimum absolute atomic E-state index is 0. The van der Waals surface area contributed by atoms with Gasteiger partial charge in [-0.1, -0.05) is 17.9 Å². The Morgan fingerprint density at radius 2 is 2.06 bits per heavy atom. The fraction of sp³-hybridized carbons (Fsp3) is 0.292. The highest BCUT2D eigenvalue weighted by molar-refractivity contribution is 6.10. The quantitative estimate of drug-likeness (QED) is 0.402. The maximum Gasteiger partial charge on any atom is 0.323 e. The molecule has 0 unspecified atom stereocenters. The van der Waals surface area contributed by atoms with Gasteiger partial charge in [0.25, 0.3) is 11.8 Å². The first-order valence-corrected chi connectivity index (χ1v) is 11.2. The molecule has 1 aromatic carbocycles. The number of nitrogens with zero attached hydrogens (tertiary/aromatic N) is 6. The lowest BCUT2D eigenvalue weighted by Crippen LogP contribution is -2.54. The number of carbonyl (C=O) groups excluding carboxylic acids is 3. The van der Waals surface area contributed by atoms with Gasteiger partial charge < -0.3 is 15.0 Å². The van der Waals surface area contributed by atoms with Gasteiger partial charge in [0.15, 0.2) is 0 Å². The van der Waals surface area contributed by atoms with E-state index in [1.165, 1.54) is 23.0 Å². The van der Waals surface area contributed by atoms with E-state index in [-0.39, 0.29) is 26.5 Å². The summed E-state index contributed by atoms with van der Waals surface area (Å²) >= 11 is 0. The van der Waals surface area contributed by atoms with E-state index in [4.69, 9.17) is 4.74 Å². The first kappa shape index (κ1) is 23.0. The second-order valence-corrected chi connectivity index (χ2v) is 8.74. The molecule has 3 aromatic rings. The fourth-order valence-electron chi connectivity index (χ4n) is 3.98. The van der Waals surface area contributed by atoms with Crippen molar-refractivity contribution in [2.75, 3.05) is 13.7 Å². The van der Waals surface area contributed by atoms with Crippen LogP contribution in [0.15, 0.2) is 36.7 Å². The summed E-state index contributed by atoms with van der Waals surface area (Å²) in [6.45, 7) is 4.02. The third kappa shape index (κ3) is 4.11. The molecule has 0 bridgehead atoms. The molecule has 2 aliphatic rings. The summed E-state index contributed by atoms with van der Waals surface area (Å²) in [4.78, 5) is 45.1. The minimum Gasteiger partial charge on any atom is -0.497 e. The second kappa shape index (κ2) is 8.77. The van der Waals surface area contributed by atoms with E-state index in [1.54, 1.807) is 30.5 Å². The molecule has 36 heavy (non-hydrogen) atoms. The van der Waals surface area contributed by atoms with Gasteiger partial charge in [0.05, 0.1) is 19.7 Å². The number of pyridine rings is 1. The van der Waals surface area contributed by atoms with E-state index in [0.29, 0.717) is 28.3 Å². The minimum atomic E-state index is -1.63. The van der Waals surface area contributed by atoms with Crippen LogP contribution < -0.4 is 15.4 Å². The summed E-state index contributed by atoms with van der Waals surface area (Å²) in [6.07, 6.45) is 3.11. The van der Waals surface area contributed by atoms with E-state index in [2.05, 4.69) is 42.9 Å². The third-order valence-corrected chi connectivity index (χ3v) is 5.87. The predicted molar refractivity (Wildman–Crippen MR) is 128 cm³/mol. The number of amides is 4. The van der Waals surface area contributed by atoms with Crippen LogP contribution in [0.2, 0.25) is 0 Å². The van der Waals surface area contributed by atoms with Crippen LogP contribution in [-0.4, -0.2) is 67.1 Å². The van der Waals surface area contributed by atoms with E-state index in [0.717, 1.165) is 5.56 Å². The van der Waals surface area contributed by atoms with Crippen molar-refractivity contribution in [2.24, 2.45) is 0 Å². The van der Waals surface area contributed by atoms with Gasteiger partial charge in [0, 0.05) is 37.1 Å². The maximum atomic E-state index is 13.1. The smallest absolute Gasteiger partial charge is 0.323 e. The van der Waals surface area contributed by atoms with Crippen molar-refractivity contribution in [1.82, 2.24) is 40.7 Å². The van der Waals surface area contributed by atoms with E-state index >= 15 is 0 Å². The van der Waals surface area contributed by atoms with Gasteiger partial charge in [-0.3, -0.25) is 19.9 Å². The van der Waals surface area contributed by atoms with Crippen LogP contribution in [-0.2, 0) is 11.3 Å². The Hall–Kier alpha value is -4.79. The zero-order valence-electron chi connectivity index (χ0n) is 19.8. The molecule has 2 aromatic heterocycles. The van der Waals surface area contributed by atoms with Gasteiger partial charge in [-0.15, -0.1) is 10.2 Å². The van der Waals surface area contributed by atoms with Crippen LogP contribution in [0.4, 0.5) is 4.79 Å². The number of hydrogen-bond acceptors (Lipinski definition) is 8. The monoisotopic (exact) mass is 488 g/mol. The van der Waals surface area contributed by atoms with Gasteiger partial charge in [-0.05, 0) is 42.8 Å². The topological polar surface area (TPSA) is 144 Å². The Labute approximate surface area is 207 Å². The van der Waals surface area contributed by atoms with Crippen molar-refractivity contribution < 1.29 is 20.5 Å². The number of hydrogen-bond donors (Lipinski definition) is 2. The zero-order chi connectivity index (χ0) is 25.4. The SMILES string of the molecule is COc1ccc2c(c1)C(=O)N(C[C@@]1(C#Cc3cncc(-c4nnn(C(C)C)n4)c3)NC(=O)NC1=O)C2.[HH]. The maximum absolute atomic E-state index is 13.1. The van der Waals surface area contributed by atoms with Crippen molar-refractivity contribution in [3.63, 3.8) is 0 Å². The lowest BCUT2D eigenvalue weighted by Gasteiger charge is -2.26. The number of rotatable bonds is 5. The zero-order valence-corrected chi connectivity index (χ0v) is 19.8. The highest BCUT2D eigenvalue weighted by atomic mass is 16.5. The Morgan fingerprint density at radius 3 is 2.75 bits per heavy atom. The lowest BCUT2D eigenvalue weighted by atomic mass is 9.99. The summed E-state index contributed by atoms with van der Waals surface area (Å²) in [5.74, 6) is 5.83. The van der Waals surface area contributed by atoms with E-state index in [1.807, 2.05) is 13.8 Å². The van der Waals surface area contributed by atoms with Crippen molar-refractivity contribution in [3.8, 4) is 29.0 Å². The number of imide groups is 1. The average Bonchev–Trinajstić information content (AvgIpc) is 3.55. The Morgan fingerprint density at radius 1 is 1.22 bits per heavy atom. The van der Waals surface area contributed by atoms with Gasteiger partial charge in [-0.2, -0.15) is 4.80 Å². The molecule has 0 aliphatic carbocycles. The van der Waals surface area contributed by atoms with Gasteiger partial charge in [0.2, 0.25) is 11.4 Å². The van der Waals surface area contributed by atoms with E-state index in [9.17, 15) is 14.4 Å². The van der Waals surface area contributed by atoms with Crippen molar-refractivity contribution in [1.29, 1.82) is 0 Å². The summed E-state index contributed by atoms with van der Waals surface area (Å²) in [6, 6.07) is 6.31. The molecule has 12 heteroatoms. The standard InChI is InChI=1S/C24H22N8O4.H2/c1-14(2)32-29-20(28-30-32)17-8-15(10-25-11-17)6-7-24(22(34)26-23(35)27-24)13-31-12-16-4-5-18(36-3)9-19(16)21(31)33;/h4-5,8-11,14H,12-13H2,1-3H3,(H2,26,27,34,35);1H/t24-;/m1./s1. The van der Waals surface area contributed by atoms with Crippen LogP contribution >= 0.6 is 0 Å². The number of nitrogens with one attached hydrogen (secondary N) is 2. The van der Waals surface area contributed by atoms with Crippen LogP contribution in [0, 0.1) is 11.8 Å². The number of benzene rings is 1. The molecule has 0 saturated carbocycles. The molecule has 184 valence electrons. The number of aromatic nitrogens is 5. The number of ether oxygens (including phenoxy) is 1. The first-order chi connectivity index (χ1) is 17.3. The highest BCUT2D eigenvalue weighted by Crippen LogP contribution is 2.28. The van der Waals surface area contributed by atoms with Crippen LogP contribution in [0.3, 0.4) is 0 Å². The molecule has 12 nitrogen and oxygen atoms in total. The molecular formula is C24H24N8O4. The van der Waals surface area contributed by atoms with Gasteiger partial charge in [0.1, 0.15) is 5.75 Å². The molecular weight excluding hydrogens is 464 g/mol. The normalized spacial score (nSPS) is 18.6. The van der Waals surface area contributed by atoms with Crippen molar-refractivity contribution >= 4 is 17.8 Å². The summed E-state index contributed by atoms with van der Waals surface area (Å²) in [7, 11) is 1.52. The van der Waals surface area contributed by atoms with Crippen LogP contribution in [0.5, 0.6) is 5.75 Å². The number of tetrazole rings is 1. The summed E-state index contributed by atoms with van der Waals surface area (Å²) in [5.41, 5.74) is 0.728. The summed E-state index contributed by atoms with van der Waals surface area (Å²) in [5, 5.41) is 17.2. The fourth-order valence-corrected chi connectivity index (χ4v) is 3.98. The van der Waals surface area contributed by atoms with Crippen molar-refractivity contribution in [2.45, 2.75) is 32.0 Å². The number of methoxy groups -OCH3 is 1. The molecule has 0 spiro atoms. The molecule has 0 radical (unpaired) electrons. The van der Waals surface area contributed by atoms with E-state index < -0.39 is 17.5 Å². The molecule has 1 atom stereocenters. The number of carbonyl (C=O) groups is 3. The molecule has 5 rings (SSSR count). The predicted octanol–water partition coefficient (Wildman–Crippen LogP) is 1.16. The van der Waals surface area contributed by atoms with Gasteiger partial charge >= 0.3 is 6.03 Å². The van der Waals surface area contributed by atoms with Crippen LogP contribution in [0.1, 0.15) is 42.8 Å². The number of urea groups is 1. The molecule has 4 heterocycles. The number of fused-ring (bicyclic) bond motifs is 1. The first-order valence-electron chi connectivity index (χ1n) is 11.2. The molecule has 2 aliphatic heterocycles. The van der Waals surface area contributed by atoms with Gasteiger partial charge in [-0.25, -0.2) is 4.79 Å². The Bertz CT molecular complexity index is 1460. The Balaban J connectivity index is 0.00000320. The largest absolute Gasteiger partial charge is 0.497 e. The lowest BCUT2D eigenvalue weighted by molar-refractivity contribution is -0.122. The average molecular weight is 489 g/mol. The van der Waals surface area contributed by atoms with Crippen molar-refractivity contribution in [3.05, 3.63) is 53.3 Å². The molecule has 2 N–H and O–H groups in total.